The van der Waals surface area contributed by atoms with E-state index in [1.165, 1.54) is 27.6 Å². The van der Waals surface area contributed by atoms with Gasteiger partial charge in [0.2, 0.25) is 0 Å². The predicted molar refractivity (Wildman–Crippen MR) is 116 cm³/mol. The van der Waals surface area contributed by atoms with Crippen LogP contribution in [-0.4, -0.2) is 17.2 Å². The molecule has 0 radical (unpaired) electrons. The van der Waals surface area contributed by atoms with E-state index in [0.717, 1.165) is 29.2 Å². The Bertz CT molecular complexity index is 1090. The SMILES string of the molecule is CC(=NCCc1c[nH]c2ccc(Cl)cc12)c1cccc(-c2ccccc2)c1. The van der Waals surface area contributed by atoms with Gasteiger partial charge in [-0.2, -0.15) is 0 Å². The standard InChI is InChI=1S/C24H21ClN2/c1-17(19-8-5-9-20(14-19)18-6-3-2-4-7-18)26-13-12-21-16-27-24-11-10-22(25)15-23(21)24/h2-11,14-16,27H,12-13H2,1H3. The van der Waals surface area contributed by atoms with Crippen LogP contribution in [0.2, 0.25) is 5.02 Å². The Morgan fingerprint density at radius 1 is 0.926 bits per heavy atom. The van der Waals surface area contributed by atoms with Gasteiger partial charge in [0.15, 0.2) is 0 Å². The van der Waals surface area contributed by atoms with Gasteiger partial charge >= 0.3 is 0 Å². The summed E-state index contributed by atoms with van der Waals surface area (Å²) in [6.45, 7) is 2.83. The maximum Gasteiger partial charge on any atom is 0.0457 e. The normalized spacial score (nSPS) is 11.9. The van der Waals surface area contributed by atoms with Crippen LogP contribution in [0.4, 0.5) is 0 Å². The monoisotopic (exact) mass is 372 g/mol. The molecule has 0 aliphatic rings. The minimum Gasteiger partial charge on any atom is -0.361 e. The highest BCUT2D eigenvalue weighted by Crippen LogP contribution is 2.23. The van der Waals surface area contributed by atoms with Gasteiger partial charge in [-0.1, -0.05) is 60.1 Å². The number of halogens is 1. The van der Waals surface area contributed by atoms with Gasteiger partial charge in [-0.3, -0.25) is 4.99 Å². The zero-order chi connectivity index (χ0) is 18.6. The highest BCUT2D eigenvalue weighted by Gasteiger charge is 2.05. The Morgan fingerprint density at radius 2 is 1.74 bits per heavy atom. The van der Waals surface area contributed by atoms with Crippen molar-refractivity contribution in [3.05, 3.63) is 95.1 Å². The van der Waals surface area contributed by atoms with Crippen LogP contribution in [-0.2, 0) is 6.42 Å². The average Bonchev–Trinajstić information content (AvgIpc) is 3.11. The third kappa shape index (κ3) is 3.96. The molecule has 0 bridgehead atoms. The molecule has 1 aromatic heterocycles. The molecule has 0 aliphatic heterocycles. The maximum absolute atomic E-state index is 6.14. The van der Waals surface area contributed by atoms with E-state index < -0.39 is 0 Å². The minimum absolute atomic E-state index is 0.751. The second-order valence-corrected chi connectivity index (χ2v) is 7.10. The Morgan fingerprint density at radius 3 is 2.59 bits per heavy atom. The van der Waals surface area contributed by atoms with Crippen molar-refractivity contribution in [3.63, 3.8) is 0 Å². The van der Waals surface area contributed by atoms with Crippen LogP contribution in [0.3, 0.4) is 0 Å². The molecule has 0 spiro atoms. The number of hydrogen-bond donors (Lipinski definition) is 1. The number of aromatic amines is 1. The molecule has 4 rings (SSSR count). The Kier molecular flexibility index (Phi) is 5.08. The van der Waals surface area contributed by atoms with Crippen LogP contribution >= 0.6 is 11.6 Å². The molecule has 0 saturated heterocycles. The van der Waals surface area contributed by atoms with Gasteiger partial charge in [0.1, 0.15) is 0 Å². The Hall–Kier alpha value is -2.84. The first-order chi connectivity index (χ1) is 13.2. The summed E-state index contributed by atoms with van der Waals surface area (Å²) in [4.78, 5) is 8.11. The molecule has 4 aromatic rings. The first-order valence-electron chi connectivity index (χ1n) is 9.13. The summed E-state index contributed by atoms with van der Waals surface area (Å²) in [7, 11) is 0. The first-order valence-corrected chi connectivity index (χ1v) is 9.51. The molecule has 0 aliphatic carbocycles. The second-order valence-electron chi connectivity index (χ2n) is 6.67. The molecule has 0 amide bonds. The van der Waals surface area contributed by atoms with Gasteiger partial charge < -0.3 is 4.98 Å². The van der Waals surface area contributed by atoms with Crippen molar-refractivity contribution < 1.29 is 0 Å². The lowest BCUT2D eigenvalue weighted by Crippen LogP contribution is -1.98. The number of nitrogens with one attached hydrogen (secondary N) is 1. The second kappa shape index (κ2) is 7.81. The number of benzene rings is 3. The molecule has 1 N–H and O–H groups in total. The molecule has 1 heterocycles. The smallest absolute Gasteiger partial charge is 0.0457 e. The zero-order valence-corrected chi connectivity index (χ0v) is 16.0. The number of rotatable bonds is 5. The van der Waals surface area contributed by atoms with Gasteiger partial charge in [0, 0.05) is 34.4 Å². The van der Waals surface area contributed by atoms with Crippen LogP contribution in [0.15, 0.2) is 84.0 Å². The van der Waals surface area contributed by atoms with Crippen molar-refractivity contribution in [2.75, 3.05) is 6.54 Å². The highest BCUT2D eigenvalue weighted by molar-refractivity contribution is 6.31. The van der Waals surface area contributed by atoms with Crippen LogP contribution < -0.4 is 0 Å². The van der Waals surface area contributed by atoms with Crippen molar-refractivity contribution in [2.45, 2.75) is 13.3 Å². The van der Waals surface area contributed by atoms with E-state index in [9.17, 15) is 0 Å². The molecular formula is C24H21ClN2. The third-order valence-corrected chi connectivity index (χ3v) is 5.08. The predicted octanol–water partition coefficient (Wildman–Crippen LogP) is 6.54. The number of H-pyrrole nitrogens is 1. The fourth-order valence-corrected chi connectivity index (χ4v) is 3.52. The summed E-state index contributed by atoms with van der Waals surface area (Å²) in [5, 5.41) is 1.95. The van der Waals surface area contributed by atoms with E-state index in [1.807, 2.05) is 24.3 Å². The van der Waals surface area contributed by atoms with Crippen molar-refractivity contribution in [1.29, 1.82) is 0 Å². The Labute approximate surface area is 164 Å². The lowest BCUT2D eigenvalue weighted by Gasteiger charge is -2.06. The van der Waals surface area contributed by atoms with Crippen LogP contribution in [0.5, 0.6) is 0 Å². The number of aromatic nitrogens is 1. The summed E-state index contributed by atoms with van der Waals surface area (Å²) in [6, 6.07) is 24.9. The molecule has 3 aromatic carbocycles. The van der Waals surface area contributed by atoms with Gasteiger partial charge in [0.05, 0.1) is 0 Å². The third-order valence-electron chi connectivity index (χ3n) is 4.85. The van der Waals surface area contributed by atoms with Crippen molar-refractivity contribution in [3.8, 4) is 11.1 Å². The zero-order valence-electron chi connectivity index (χ0n) is 15.2. The van der Waals surface area contributed by atoms with E-state index in [2.05, 4.69) is 66.6 Å². The minimum atomic E-state index is 0.751. The van der Waals surface area contributed by atoms with Crippen molar-refractivity contribution in [1.82, 2.24) is 4.98 Å². The van der Waals surface area contributed by atoms with Gasteiger partial charge in [-0.25, -0.2) is 0 Å². The van der Waals surface area contributed by atoms with E-state index >= 15 is 0 Å². The average molecular weight is 373 g/mol. The lowest BCUT2D eigenvalue weighted by molar-refractivity contribution is 0.974. The fourth-order valence-electron chi connectivity index (χ4n) is 3.35. The summed E-state index contributed by atoms with van der Waals surface area (Å²) >= 11 is 6.14. The van der Waals surface area contributed by atoms with Gasteiger partial charge in [0.25, 0.3) is 0 Å². The molecule has 0 fully saturated rings. The van der Waals surface area contributed by atoms with Crippen LogP contribution in [0.25, 0.3) is 22.0 Å². The number of nitrogens with zero attached hydrogens (tertiary/aromatic N) is 1. The van der Waals surface area contributed by atoms with Gasteiger partial charge in [-0.05, 0) is 59.9 Å². The quantitative estimate of drug-likeness (QED) is 0.385. The Balaban J connectivity index is 1.50. The largest absolute Gasteiger partial charge is 0.361 e. The fraction of sp³-hybridized carbons (Fsp3) is 0.125. The van der Waals surface area contributed by atoms with E-state index in [1.54, 1.807) is 0 Å². The molecule has 27 heavy (non-hydrogen) atoms. The van der Waals surface area contributed by atoms with E-state index in [4.69, 9.17) is 16.6 Å². The van der Waals surface area contributed by atoms with Crippen molar-refractivity contribution in [2.24, 2.45) is 4.99 Å². The lowest BCUT2D eigenvalue weighted by atomic mass is 10.0. The summed E-state index contributed by atoms with van der Waals surface area (Å²) in [6.07, 6.45) is 2.94. The highest BCUT2D eigenvalue weighted by atomic mass is 35.5. The van der Waals surface area contributed by atoms with Gasteiger partial charge in [-0.15, -0.1) is 0 Å². The number of fused-ring (bicyclic) bond motifs is 1. The summed E-state index contributed by atoms with van der Waals surface area (Å²) in [5.41, 5.74) is 7.04. The summed E-state index contributed by atoms with van der Waals surface area (Å²) < 4.78 is 0. The van der Waals surface area contributed by atoms with Crippen LogP contribution in [0, 0.1) is 0 Å². The molecule has 3 heteroatoms. The number of aliphatic imine (C=N–C) groups is 1. The van der Waals surface area contributed by atoms with Crippen molar-refractivity contribution >= 4 is 28.2 Å². The molecule has 0 atom stereocenters. The number of hydrogen-bond acceptors (Lipinski definition) is 1. The van der Waals surface area contributed by atoms with Crippen LogP contribution in [0.1, 0.15) is 18.1 Å². The topological polar surface area (TPSA) is 28.1 Å². The molecule has 0 unspecified atom stereocenters. The molecule has 2 nitrogen and oxygen atoms in total. The maximum atomic E-state index is 6.14. The molecule has 0 saturated carbocycles. The molecule has 134 valence electrons. The summed E-state index contributed by atoms with van der Waals surface area (Å²) in [5.74, 6) is 0. The molecular weight excluding hydrogens is 352 g/mol. The van der Waals surface area contributed by atoms with E-state index in [0.29, 0.717) is 0 Å². The van der Waals surface area contributed by atoms with E-state index in [-0.39, 0.29) is 0 Å². The first kappa shape index (κ1) is 17.6.